The number of carbonyl (C=O) groups is 1. The second kappa shape index (κ2) is 12.6. The summed E-state index contributed by atoms with van der Waals surface area (Å²) in [4.78, 5) is 11.4. The molecule has 1 saturated carbocycles. The normalized spacial score (nSPS) is 28.9. The number of aliphatic hydroxyl groups is 2. The summed E-state index contributed by atoms with van der Waals surface area (Å²) in [6.45, 7) is 2.37. The molecule has 1 heterocycles. The highest BCUT2D eigenvalue weighted by Crippen LogP contribution is 2.42. The zero-order valence-corrected chi connectivity index (χ0v) is 19.6. The largest absolute Gasteiger partial charge is 0.487 e. The van der Waals surface area contributed by atoms with E-state index in [-0.39, 0.29) is 36.2 Å². The van der Waals surface area contributed by atoms with Gasteiger partial charge in [-0.3, -0.25) is 4.79 Å². The topological polar surface area (TPSA) is 96.2 Å². The van der Waals surface area contributed by atoms with Crippen LogP contribution >= 0.6 is 0 Å². The van der Waals surface area contributed by atoms with Gasteiger partial charge in [0.1, 0.15) is 18.5 Å². The van der Waals surface area contributed by atoms with Crippen LogP contribution in [0.15, 0.2) is 30.4 Å². The van der Waals surface area contributed by atoms with Crippen molar-refractivity contribution in [1.82, 2.24) is 0 Å². The Balaban J connectivity index is 1.51. The molecular formula is C26H36F2O6. The van der Waals surface area contributed by atoms with Gasteiger partial charge in [0, 0.05) is 25.0 Å². The lowest BCUT2D eigenvalue weighted by molar-refractivity contribution is -0.142. The van der Waals surface area contributed by atoms with Crippen molar-refractivity contribution in [3.8, 4) is 5.75 Å². The standard InChI is InChI=1S/C26H36F2O6/c1-2-3-17(26(31)32)6-4-16-5-9-21-20(23(30)13-25(21)33-14-16)10-8-19(29)15-34-24-11-7-18(27)12-22(24)28/h7-8,10-12,16-17,19-21,23,25,29-30H,2-6,9,13-15H2,1H3,(H,31,32)/t16-,17?,19-,20-,21-,23-,25+/m1/s1. The lowest BCUT2D eigenvalue weighted by Gasteiger charge is -2.21. The lowest BCUT2D eigenvalue weighted by atomic mass is 9.85. The van der Waals surface area contributed by atoms with Crippen LogP contribution in [0.1, 0.15) is 51.9 Å². The number of halogens is 2. The number of aliphatic carboxylic acids is 1. The Morgan fingerprint density at radius 1 is 1.29 bits per heavy atom. The number of aliphatic hydroxyl groups excluding tert-OH is 2. The van der Waals surface area contributed by atoms with E-state index in [1.54, 1.807) is 12.2 Å². The van der Waals surface area contributed by atoms with Gasteiger partial charge in [-0.15, -0.1) is 0 Å². The quantitative estimate of drug-likeness (QED) is 0.406. The van der Waals surface area contributed by atoms with E-state index >= 15 is 0 Å². The molecule has 2 aliphatic rings. The molecule has 3 N–H and O–H groups in total. The van der Waals surface area contributed by atoms with Crippen LogP contribution in [0.2, 0.25) is 0 Å². The van der Waals surface area contributed by atoms with E-state index < -0.39 is 29.8 Å². The fourth-order valence-electron chi connectivity index (χ4n) is 5.20. The molecule has 6 nitrogen and oxygen atoms in total. The lowest BCUT2D eigenvalue weighted by Crippen LogP contribution is -2.22. The number of carboxylic acid groups (broad SMARTS) is 1. The van der Waals surface area contributed by atoms with E-state index in [1.807, 2.05) is 6.92 Å². The predicted octanol–water partition coefficient (Wildman–Crippen LogP) is 4.33. The van der Waals surface area contributed by atoms with Crippen molar-refractivity contribution in [3.63, 3.8) is 0 Å². The van der Waals surface area contributed by atoms with E-state index in [9.17, 15) is 28.9 Å². The molecule has 0 bridgehead atoms. The number of fused-ring (bicyclic) bond motifs is 1. The molecule has 3 rings (SSSR count). The Morgan fingerprint density at radius 2 is 2.09 bits per heavy atom. The van der Waals surface area contributed by atoms with Crippen LogP contribution in [0.25, 0.3) is 0 Å². The molecule has 2 fully saturated rings. The molecule has 1 saturated heterocycles. The summed E-state index contributed by atoms with van der Waals surface area (Å²) in [7, 11) is 0. The monoisotopic (exact) mass is 482 g/mol. The number of hydrogen-bond acceptors (Lipinski definition) is 5. The first-order valence-electron chi connectivity index (χ1n) is 12.2. The highest BCUT2D eigenvalue weighted by Gasteiger charge is 2.43. The van der Waals surface area contributed by atoms with Crippen molar-refractivity contribution in [2.24, 2.45) is 23.7 Å². The van der Waals surface area contributed by atoms with Gasteiger partial charge in [-0.05, 0) is 56.1 Å². The van der Waals surface area contributed by atoms with Crippen LogP contribution in [-0.2, 0) is 9.53 Å². The summed E-state index contributed by atoms with van der Waals surface area (Å²) in [6, 6.07) is 2.98. The van der Waals surface area contributed by atoms with Crippen molar-refractivity contribution in [2.45, 2.75) is 70.2 Å². The van der Waals surface area contributed by atoms with Gasteiger partial charge < -0.3 is 24.8 Å². The second-order valence-corrected chi connectivity index (χ2v) is 9.60. The number of hydrogen-bond donors (Lipinski definition) is 3. The Morgan fingerprint density at radius 3 is 2.79 bits per heavy atom. The Bertz CT molecular complexity index is 832. The van der Waals surface area contributed by atoms with Crippen LogP contribution in [0.3, 0.4) is 0 Å². The molecule has 1 aromatic carbocycles. The molecule has 0 amide bonds. The highest BCUT2D eigenvalue weighted by molar-refractivity contribution is 5.69. The van der Waals surface area contributed by atoms with Gasteiger partial charge in [0.25, 0.3) is 0 Å². The SMILES string of the molecule is CCCC(CC[C@@H]1CC[C@@H]2[C@@H](C=C[C@@H](O)COc3ccc(F)cc3F)[C@H](O)C[C@@H]2OC1)C(=O)O. The van der Waals surface area contributed by atoms with Crippen LogP contribution < -0.4 is 4.74 Å². The molecule has 1 aliphatic carbocycles. The minimum Gasteiger partial charge on any atom is -0.487 e. The van der Waals surface area contributed by atoms with E-state index in [4.69, 9.17) is 9.47 Å². The van der Waals surface area contributed by atoms with Crippen molar-refractivity contribution in [3.05, 3.63) is 42.0 Å². The fraction of sp³-hybridized carbons (Fsp3) is 0.654. The van der Waals surface area contributed by atoms with Crippen LogP contribution in [0.5, 0.6) is 5.75 Å². The van der Waals surface area contributed by atoms with Gasteiger partial charge >= 0.3 is 5.97 Å². The predicted molar refractivity (Wildman–Crippen MR) is 122 cm³/mol. The van der Waals surface area contributed by atoms with Crippen molar-refractivity contribution >= 4 is 5.97 Å². The average molecular weight is 483 g/mol. The van der Waals surface area contributed by atoms with Crippen LogP contribution in [0.4, 0.5) is 8.78 Å². The molecule has 0 spiro atoms. The molecule has 1 aliphatic heterocycles. The first kappa shape index (κ1) is 26.6. The minimum absolute atomic E-state index is 0.0673. The molecule has 0 radical (unpaired) electrons. The zero-order chi connectivity index (χ0) is 24.7. The third-order valence-corrected chi connectivity index (χ3v) is 7.11. The van der Waals surface area contributed by atoms with Gasteiger partial charge in [0.2, 0.25) is 0 Å². The minimum atomic E-state index is -1.01. The Hall–Kier alpha value is -2.03. The van der Waals surface area contributed by atoms with Crippen LogP contribution in [0, 0.1) is 35.3 Å². The molecule has 34 heavy (non-hydrogen) atoms. The number of carboxylic acids is 1. The summed E-state index contributed by atoms with van der Waals surface area (Å²) in [5.41, 5.74) is 0. The number of ether oxygens (including phenoxy) is 2. The fourth-order valence-corrected chi connectivity index (χ4v) is 5.20. The molecule has 1 unspecified atom stereocenters. The molecule has 1 aromatic rings. The second-order valence-electron chi connectivity index (χ2n) is 9.60. The first-order valence-corrected chi connectivity index (χ1v) is 12.2. The van der Waals surface area contributed by atoms with Crippen molar-refractivity contribution in [2.75, 3.05) is 13.2 Å². The van der Waals surface area contributed by atoms with Gasteiger partial charge in [0.15, 0.2) is 11.6 Å². The number of rotatable bonds is 11. The van der Waals surface area contributed by atoms with Gasteiger partial charge in [-0.25, -0.2) is 8.78 Å². The zero-order valence-electron chi connectivity index (χ0n) is 19.6. The molecule has 0 aromatic heterocycles. The van der Waals surface area contributed by atoms with E-state index in [0.717, 1.165) is 37.8 Å². The Labute approximate surface area is 199 Å². The smallest absolute Gasteiger partial charge is 0.306 e. The van der Waals surface area contributed by atoms with E-state index in [1.165, 1.54) is 6.07 Å². The third-order valence-electron chi connectivity index (χ3n) is 7.11. The number of benzene rings is 1. The van der Waals surface area contributed by atoms with E-state index in [2.05, 4.69) is 0 Å². The van der Waals surface area contributed by atoms with Gasteiger partial charge in [-0.1, -0.05) is 25.5 Å². The molecule has 7 atom stereocenters. The molecule has 8 heteroatoms. The van der Waals surface area contributed by atoms with Gasteiger partial charge in [-0.2, -0.15) is 0 Å². The van der Waals surface area contributed by atoms with E-state index in [0.29, 0.717) is 31.8 Å². The highest BCUT2D eigenvalue weighted by atomic mass is 19.1. The Kier molecular flexibility index (Phi) is 9.85. The van der Waals surface area contributed by atoms with Crippen LogP contribution in [-0.4, -0.2) is 52.8 Å². The summed E-state index contributed by atoms with van der Waals surface area (Å²) < 4.78 is 38.0. The first-order chi connectivity index (χ1) is 16.3. The molecule has 190 valence electrons. The van der Waals surface area contributed by atoms with Crippen molar-refractivity contribution in [1.29, 1.82) is 0 Å². The summed E-state index contributed by atoms with van der Waals surface area (Å²) >= 11 is 0. The van der Waals surface area contributed by atoms with Crippen molar-refractivity contribution < 1.29 is 38.4 Å². The molecular weight excluding hydrogens is 446 g/mol. The summed E-state index contributed by atoms with van der Waals surface area (Å²) in [5.74, 6) is -2.47. The maximum Gasteiger partial charge on any atom is 0.306 e. The van der Waals surface area contributed by atoms with Gasteiger partial charge in [0.05, 0.1) is 18.1 Å². The summed E-state index contributed by atoms with van der Waals surface area (Å²) in [5, 5.41) is 30.2. The summed E-state index contributed by atoms with van der Waals surface area (Å²) in [6.07, 6.45) is 6.97. The third kappa shape index (κ3) is 7.23. The maximum absolute atomic E-state index is 13.7. The average Bonchev–Trinajstić information content (AvgIpc) is 2.95. The maximum atomic E-state index is 13.7.